The molecule has 0 aromatic carbocycles. The summed E-state index contributed by atoms with van der Waals surface area (Å²) in [5.74, 6) is 1.42. The number of pyridine rings is 1. The molecule has 28 heavy (non-hydrogen) atoms. The zero-order valence-electron chi connectivity index (χ0n) is 17.7. The van der Waals surface area contributed by atoms with Crippen molar-refractivity contribution in [2.45, 2.75) is 46.2 Å². The minimum atomic E-state index is 0.0631. The number of hydrogen-bond donors (Lipinski definition) is 2. The number of rotatable bonds is 10. The monoisotopic (exact) mass is 391 g/mol. The summed E-state index contributed by atoms with van der Waals surface area (Å²) in [6, 6.07) is 5.72. The van der Waals surface area contributed by atoms with Crippen molar-refractivity contribution in [3.63, 3.8) is 0 Å². The van der Waals surface area contributed by atoms with Gasteiger partial charge in [-0.05, 0) is 31.7 Å². The molecule has 2 heterocycles. The summed E-state index contributed by atoms with van der Waals surface area (Å²) >= 11 is 0. The molecule has 0 amide bonds. The minimum Gasteiger partial charge on any atom is -0.379 e. The second kappa shape index (κ2) is 12.6. The fourth-order valence-corrected chi connectivity index (χ4v) is 3.44. The van der Waals surface area contributed by atoms with Gasteiger partial charge < -0.3 is 19.9 Å². The highest BCUT2D eigenvalue weighted by molar-refractivity contribution is 5.79. The topological polar surface area (TPSA) is 70.9 Å². The fraction of sp³-hybridized carbons (Fsp3) is 0.714. The molecule has 0 aliphatic carbocycles. The van der Waals surface area contributed by atoms with Crippen molar-refractivity contribution >= 4 is 5.96 Å². The van der Waals surface area contributed by atoms with Gasteiger partial charge >= 0.3 is 0 Å². The molecule has 1 aromatic rings. The van der Waals surface area contributed by atoms with Gasteiger partial charge in [-0.3, -0.25) is 14.7 Å². The number of nitrogens with one attached hydrogen (secondary N) is 2. The van der Waals surface area contributed by atoms with E-state index in [1.807, 2.05) is 12.3 Å². The third kappa shape index (κ3) is 7.64. The molecule has 7 heteroatoms. The molecule has 158 valence electrons. The predicted octanol–water partition coefficient (Wildman–Crippen LogP) is 1.54. The summed E-state index contributed by atoms with van der Waals surface area (Å²) in [5.41, 5.74) is 0.0631. The predicted molar refractivity (Wildman–Crippen MR) is 115 cm³/mol. The summed E-state index contributed by atoms with van der Waals surface area (Å²) < 4.78 is 7.24. The molecular weight excluding hydrogens is 354 g/mol. The van der Waals surface area contributed by atoms with E-state index in [1.165, 1.54) is 0 Å². The van der Waals surface area contributed by atoms with Gasteiger partial charge in [0.25, 0.3) is 0 Å². The van der Waals surface area contributed by atoms with E-state index in [9.17, 15) is 4.79 Å². The van der Waals surface area contributed by atoms with Crippen LogP contribution in [0.3, 0.4) is 0 Å². The summed E-state index contributed by atoms with van der Waals surface area (Å²) in [4.78, 5) is 19.1. The molecule has 1 atom stereocenters. The number of morpholine rings is 1. The third-order valence-electron chi connectivity index (χ3n) is 5.08. The van der Waals surface area contributed by atoms with Crippen molar-refractivity contribution in [3.8, 4) is 0 Å². The largest absolute Gasteiger partial charge is 0.379 e. The van der Waals surface area contributed by atoms with E-state index in [1.54, 1.807) is 16.7 Å². The van der Waals surface area contributed by atoms with Gasteiger partial charge in [-0.2, -0.15) is 0 Å². The molecule has 0 radical (unpaired) electrons. The summed E-state index contributed by atoms with van der Waals surface area (Å²) in [6.45, 7) is 13.4. The molecule has 1 aromatic heterocycles. The van der Waals surface area contributed by atoms with E-state index >= 15 is 0 Å². The van der Waals surface area contributed by atoms with Gasteiger partial charge in [0.1, 0.15) is 0 Å². The summed E-state index contributed by atoms with van der Waals surface area (Å²) in [6.07, 6.45) is 3.79. The molecule has 2 N–H and O–H groups in total. The Morgan fingerprint density at radius 2 is 2.00 bits per heavy atom. The van der Waals surface area contributed by atoms with E-state index in [0.29, 0.717) is 12.0 Å². The average Bonchev–Trinajstić information content (AvgIpc) is 2.69. The Kier molecular flexibility index (Phi) is 10.1. The third-order valence-corrected chi connectivity index (χ3v) is 5.08. The van der Waals surface area contributed by atoms with Crippen molar-refractivity contribution in [2.24, 2.45) is 10.9 Å². The van der Waals surface area contributed by atoms with Gasteiger partial charge in [0.05, 0.1) is 19.8 Å². The highest BCUT2D eigenvalue weighted by Gasteiger charge is 2.23. The van der Waals surface area contributed by atoms with Crippen LogP contribution in [0.4, 0.5) is 0 Å². The molecule has 7 nitrogen and oxygen atoms in total. The summed E-state index contributed by atoms with van der Waals surface area (Å²) in [7, 11) is 0. The van der Waals surface area contributed by atoms with Crippen molar-refractivity contribution in [1.82, 2.24) is 20.1 Å². The first kappa shape index (κ1) is 22.4. The van der Waals surface area contributed by atoms with Crippen LogP contribution >= 0.6 is 0 Å². The van der Waals surface area contributed by atoms with Gasteiger partial charge in [-0.15, -0.1) is 0 Å². The standard InChI is InChI=1S/C21H37N5O2/c1-4-22-21(23-10-6-8-12-26-11-7-5-9-20(26)27)24-17-19(18(2)3)25-13-15-28-16-14-25/h5,7,9,11,18-19H,4,6,8,10,12-17H2,1-3H3,(H2,22,23,24). The van der Waals surface area contributed by atoms with Crippen molar-refractivity contribution in [2.75, 3.05) is 45.9 Å². The zero-order valence-corrected chi connectivity index (χ0v) is 17.7. The lowest BCUT2D eigenvalue weighted by atomic mass is 10.0. The molecule has 0 spiro atoms. The SMILES string of the molecule is CCNC(=NCC(C(C)C)N1CCOCC1)NCCCCn1ccccc1=O. The van der Waals surface area contributed by atoms with Crippen LogP contribution in [0.5, 0.6) is 0 Å². The highest BCUT2D eigenvalue weighted by Crippen LogP contribution is 2.13. The Bertz CT molecular complexity index is 638. The molecule has 1 fully saturated rings. The van der Waals surface area contributed by atoms with E-state index in [-0.39, 0.29) is 5.56 Å². The molecule has 1 aliphatic heterocycles. The smallest absolute Gasteiger partial charge is 0.250 e. The molecule has 1 saturated heterocycles. The van der Waals surface area contributed by atoms with Gasteiger partial charge in [0.15, 0.2) is 5.96 Å². The van der Waals surface area contributed by atoms with Crippen LogP contribution in [0, 0.1) is 5.92 Å². The number of hydrogen-bond acceptors (Lipinski definition) is 4. The maximum atomic E-state index is 11.7. The Labute approximate surface area is 169 Å². The van der Waals surface area contributed by atoms with Crippen molar-refractivity contribution in [3.05, 3.63) is 34.7 Å². The van der Waals surface area contributed by atoms with Gasteiger partial charge in [0, 0.05) is 51.0 Å². The number of ether oxygens (including phenoxy) is 1. The first-order valence-corrected chi connectivity index (χ1v) is 10.6. The van der Waals surface area contributed by atoms with Gasteiger partial charge in [-0.25, -0.2) is 0 Å². The molecular formula is C21H37N5O2. The quantitative estimate of drug-likeness (QED) is 0.360. The number of unbranched alkanes of at least 4 members (excludes halogenated alkanes) is 1. The number of aromatic nitrogens is 1. The lowest BCUT2D eigenvalue weighted by Crippen LogP contribution is -2.48. The van der Waals surface area contributed by atoms with Crippen LogP contribution in [0.1, 0.15) is 33.6 Å². The van der Waals surface area contributed by atoms with Gasteiger partial charge in [0.2, 0.25) is 5.56 Å². The second-order valence-corrected chi connectivity index (χ2v) is 7.55. The van der Waals surface area contributed by atoms with Crippen LogP contribution in [-0.2, 0) is 11.3 Å². The van der Waals surface area contributed by atoms with Crippen LogP contribution in [0.25, 0.3) is 0 Å². The van der Waals surface area contributed by atoms with Crippen LogP contribution in [0.15, 0.2) is 34.2 Å². The maximum absolute atomic E-state index is 11.7. The summed E-state index contributed by atoms with van der Waals surface area (Å²) in [5, 5.41) is 6.77. The van der Waals surface area contributed by atoms with E-state index in [4.69, 9.17) is 9.73 Å². The highest BCUT2D eigenvalue weighted by atomic mass is 16.5. The molecule has 2 rings (SSSR count). The van der Waals surface area contributed by atoms with E-state index in [2.05, 4.69) is 36.3 Å². The second-order valence-electron chi connectivity index (χ2n) is 7.55. The lowest BCUT2D eigenvalue weighted by Gasteiger charge is -2.36. The minimum absolute atomic E-state index is 0.0631. The van der Waals surface area contributed by atoms with Crippen LogP contribution in [-0.4, -0.2) is 67.4 Å². The Morgan fingerprint density at radius 3 is 2.68 bits per heavy atom. The average molecular weight is 392 g/mol. The van der Waals surface area contributed by atoms with Gasteiger partial charge in [-0.1, -0.05) is 19.9 Å². The molecule has 0 saturated carbocycles. The molecule has 1 unspecified atom stereocenters. The Morgan fingerprint density at radius 1 is 1.21 bits per heavy atom. The Balaban J connectivity index is 1.78. The zero-order chi connectivity index (χ0) is 20.2. The molecule has 1 aliphatic rings. The number of aryl methyl sites for hydroxylation is 1. The number of nitrogens with zero attached hydrogens (tertiary/aromatic N) is 3. The van der Waals surface area contributed by atoms with Crippen molar-refractivity contribution < 1.29 is 4.74 Å². The first-order chi connectivity index (χ1) is 13.6. The van der Waals surface area contributed by atoms with Crippen molar-refractivity contribution in [1.29, 1.82) is 0 Å². The van der Waals surface area contributed by atoms with E-state index in [0.717, 1.165) is 71.3 Å². The fourth-order valence-electron chi connectivity index (χ4n) is 3.44. The molecule has 0 bridgehead atoms. The van der Waals surface area contributed by atoms with E-state index < -0.39 is 0 Å². The number of aliphatic imine (C=N–C) groups is 1. The Hall–Kier alpha value is -1.86. The number of guanidine groups is 1. The van der Waals surface area contributed by atoms with Crippen LogP contribution in [0.2, 0.25) is 0 Å². The van der Waals surface area contributed by atoms with Crippen LogP contribution < -0.4 is 16.2 Å². The normalized spacial score (nSPS) is 16.9. The lowest BCUT2D eigenvalue weighted by molar-refractivity contribution is 0.00867. The maximum Gasteiger partial charge on any atom is 0.250 e. The first-order valence-electron chi connectivity index (χ1n) is 10.6.